The lowest BCUT2D eigenvalue weighted by molar-refractivity contribution is 0.0695. The smallest absolute Gasteiger partial charge is 0.254 e. The van der Waals surface area contributed by atoms with Gasteiger partial charge < -0.3 is 4.90 Å². The van der Waals surface area contributed by atoms with E-state index in [0.717, 1.165) is 15.6 Å². The Bertz CT molecular complexity index is 532. The van der Waals surface area contributed by atoms with E-state index in [9.17, 15) is 9.00 Å². The first-order valence-electron chi connectivity index (χ1n) is 6.36. The van der Waals surface area contributed by atoms with Crippen molar-refractivity contribution in [1.29, 1.82) is 0 Å². The maximum absolute atomic E-state index is 12.6. The summed E-state index contributed by atoms with van der Waals surface area (Å²) in [5, 5.41) is 0.0326. The highest BCUT2D eigenvalue weighted by Gasteiger charge is 2.33. The molecule has 1 aliphatic heterocycles. The molecule has 2 rings (SSSR count). The van der Waals surface area contributed by atoms with Gasteiger partial charge in [0.15, 0.2) is 0 Å². The zero-order valence-corrected chi connectivity index (χ0v) is 13.8. The minimum absolute atomic E-state index is 0.0143. The fourth-order valence-corrected chi connectivity index (χ4v) is 4.03. The van der Waals surface area contributed by atoms with Crippen molar-refractivity contribution in [1.82, 2.24) is 4.90 Å². The average molecular weight is 344 g/mol. The number of benzene rings is 1. The largest absolute Gasteiger partial charge is 0.334 e. The molecule has 0 N–H and O–H groups in total. The summed E-state index contributed by atoms with van der Waals surface area (Å²) in [4.78, 5) is 14.5. The molecule has 1 fully saturated rings. The van der Waals surface area contributed by atoms with Crippen LogP contribution in [0.5, 0.6) is 0 Å². The Morgan fingerprint density at radius 2 is 2.11 bits per heavy atom. The van der Waals surface area contributed by atoms with Crippen LogP contribution in [-0.4, -0.2) is 38.6 Å². The third kappa shape index (κ3) is 2.77. The molecule has 0 unspecified atom stereocenters. The van der Waals surface area contributed by atoms with Crippen LogP contribution in [0.25, 0.3) is 0 Å². The number of hydrogen-bond donors (Lipinski definition) is 0. The molecule has 0 radical (unpaired) electrons. The maximum atomic E-state index is 12.6. The number of carbonyl (C=O) groups excluding carboxylic acids is 1. The highest BCUT2D eigenvalue weighted by Crippen LogP contribution is 2.24. The van der Waals surface area contributed by atoms with Gasteiger partial charge in [-0.2, -0.15) is 0 Å². The van der Waals surface area contributed by atoms with Crippen molar-refractivity contribution < 1.29 is 9.00 Å². The zero-order valence-electron chi connectivity index (χ0n) is 11.4. The molecule has 104 valence electrons. The van der Waals surface area contributed by atoms with Crippen LogP contribution in [-0.2, 0) is 10.8 Å². The van der Waals surface area contributed by atoms with Crippen molar-refractivity contribution in [2.45, 2.75) is 32.1 Å². The molecule has 1 amide bonds. The zero-order chi connectivity index (χ0) is 14.2. The molecular formula is C14H18BrNO2S. The lowest BCUT2D eigenvalue weighted by atomic mass is 10.1. The van der Waals surface area contributed by atoms with Crippen LogP contribution in [0.2, 0.25) is 0 Å². The second kappa shape index (κ2) is 5.75. The molecule has 3 atom stereocenters. The Kier molecular flexibility index (Phi) is 4.46. The standard InChI is InChI=1S/C14H18BrNO2S/c1-9-12(5-4-6-13(9)15)14(17)16-7-8-19(18)11(3)10(16)2/h4-6,10-11H,7-8H2,1-3H3/t10-,11+,19+/m0/s1. The van der Waals surface area contributed by atoms with Crippen molar-refractivity contribution in [3.63, 3.8) is 0 Å². The first-order chi connectivity index (χ1) is 8.93. The van der Waals surface area contributed by atoms with Gasteiger partial charge in [0.1, 0.15) is 0 Å². The first-order valence-corrected chi connectivity index (χ1v) is 8.54. The van der Waals surface area contributed by atoms with Gasteiger partial charge in [-0.1, -0.05) is 22.0 Å². The van der Waals surface area contributed by atoms with E-state index < -0.39 is 10.8 Å². The molecule has 0 bridgehead atoms. The number of carbonyl (C=O) groups is 1. The predicted octanol–water partition coefficient (Wildman–Crippen LogP) is 2.74. The number of rotatable bonds is 1. The van der Waals surface area contributed by atoms with Crippen LogP contribution in [0.15, 0.2) is 22.7 Å². The van der Waals surface area contributed by atoms with Crippen molar-refractivity contribution in [3.8, 4) is 0 Å². The van der Waals surface area contributed by atoms with Crippen molar-refractivity contribution in [3.05, 3.63) is 33.8 Å². The molecule has 1 aliphatic rings. The summed E-state index contributed by atoms with van der Waals surface area (Å²) in [5.74, 6) is 0.611. The number of amides is 1. The quantitative estimate of drug-likeness (QED) is 0.786. The van der Waals surface area contributed by atoms with Crippen LogP contribution in [0.3, 0.4) is 0 Å². The van der Waals surface area contributed by atoms with E-state index in [4.69, 9.17) is 0 Å². The molecular weight excluding hydrogens is 326 g/mol. The molecule has 1 aromatic carbocycles. The lowest BCUT2D eigenvalue weighted by Gasteiger charge is -2.37. The van der Waals surface area contributed by atoms with Gasteiger partial charge in [0.2, 0.25) is 0 Å². The summed E-state index contributed by atoms with van der Waals surface area (Å²) in [6.07, 6.45) is 0. The van der Waals surface area contributed by atoms with Crippen LogP contribution >= 0.6 is 15.9 Å². The van der Waals surface area contributed by atoms with E-state index >= 15 is 0 Å². The SMILES string of the molecule is Cc1c(Br)cccc1C(=O)N1CC[S@@](=O)[C@H](C)[C@@H]1C. The van der Waals surface area contributed by atoms with E-state index in [2.05, 4.69) is 15.9 Å². The number of halogens is 1. The van der Waals surface area contributed by atoms with Crippen molar-refractivity contribution in [2.24, 2.45) is 0 Å². The first kappa shape index (κ1) is 14.7. The van der Waals surface area contributed by atoms with E-state index in [1.807, 2.05) is 43.9 Å². The summed E-state index contributed by atoms with van der Waals surface area (Å²) < 4.78 is 12.7. The monoisotopic (exact) mass is 343 g/mol. The Balaban J connectivity index is 2.29. The molecule has 1 aromatic rings. The van der Waals surface area contributed by atoms with Gasteiger partial charge in [0, 0.05) is 39.2 Å². The molecule has 5 heteroatoms. The predicted molar refractivity (Wildman–Crippen MR) is 81.8 cm³/mol. The summed E-state index contributed by atoms with van der Waals surface area (Å²) in [6.45, 7) is 6.44. The minimum atomic E-state index is -0.822. The summed E-state index contributed by atoms with van der Waals surface area (Å²) in [7, 11) is -0.822. The van der Waals surface area contributed by atoms with Gasteiger partial charge in [0.25, 0.3) is 5.91 Å². The van der Waals surface area contributed by atoms with E-state index in [-0.39, 0.29) is 17.2 Å². The van der Waals surface area contributed by atoms with Crippen LogP contribution < -0.4 is 0 Å². The van der Waals surface area contributed by atoms with Gasteiger partial charge in [-0.15, -0.1) is 0 Å². The number of hydrogen-bond acceptors (Lipinski definition) is 2. The topological polar surface area (TPSA) is 37.4 Å². The molecule has 0 saturated carbocycles. The molecule has 0 aromatic heterocycles. The fraction of sp³-hybridized carbons (Fsp3) is 0.500. The lowest BCUT2D eigenvalue weighted by Crippen LogP contribution is -2.52. The van der Waals surface area contributed by atoms with Gasteiger partial charge >= 0.3 is 0 Å². The second-order valence-corrected chi connectivity index (χ2v) is 7.71. The highest BCUT2D eigenvalue weighted by atomic mass is 79.9. The Morgan fingerprint density at radius 1 is 1.42 bits per heavy atom. The van der Waals surface area contributed by atoms with E-state index in [1.165, 1.54) is 0 Å². The number of nitrogens with zero attached hydrogens (tertiary/aromatic N) is 1. The average Bonchev–Trinajstić information content (AvgIpc) is 2.39. The normalized spacial score (nSPS) is 27.4. The van der Waals surface area contributed by atoms with Gasteiger partial charge in [-0.05, 0) is 38.5 Å². The highest BCUT2D eigenvalue weighted by molar-refractivity contribution is 9.10. The van der Waals surface area contributed by atoms with E-state index in [0.29, 0.717) is 12.3 Å². The Morgan fingerprint density at radius 3 is 2.79 bits per heavy atom. The molecule has 1 heterocycles. The third-order valence-electron chi connectivity index (χ3n) is 3.88. The Hall–Kier alpha value is -0.680. The van der Waals surface area contributed by atoms with Crippen LogP contribution in [0.1, 0.15) is 29.8 Å². The molecule has 0 aliphatic carbocycles. The molecule has 0 spiro atoms. The third-order valence-corrected chi connectivity index (χ3v) is 6.55. The van der Waals surface area contributed by atoms with Crippen molar-refractivity contribution >= 4 is 32.6 Å². The van der Waals surface area contributed by atoms with Crippen molar-refractivity contribution in [2.75, 3.05) is 12.3 Å². The fourth-order valence-electron chi connectivity index (χ4n) is 2.33. The summed E-state index contributed by atoms with van der Waals surface area (Å²) in [6, 6.07) is 5.68. The summed E-state index contributed by atoms with van der Waals surface area (Å²) >= 11 is 3.46. The molecule has 1 saturated heterocycles. The van der Waals surface area contributed by atoms with Crippen LogP contribution in [0, 0.1) is 6.92 Å². The van der Waals surface area contributed by atoms with Gasteiger partial charge in [-0.25, -0.2) is 0 Å². The molecule has 19 heavy (non-hydrogen) atoms. The molecule has 3 nitrogen and oxygen atoms in total. The van der Waals surface area contributed by atoms with Gasteiger partial charge in [0.05, 0.1) is 5.25 Å². The second-order valence-electron chi connectivity index (χ2n) is 4.94. The summed E-state index contributed by atoms with van der Waals surface area (Å²) in [5.41, 5.74) is 1.68. The van der Waals surface area contributed by atoms with E-state index in [1.54, 1.807) is 0 Å². The minimum Gasteiger partial charge on any atom is -0.334 e. The Labute approximate surface area is 125 Å². The van der Waals surface area contributed by atoms with Gasteiger partial charge in [-0.3, -0.25) is 9.00 Å². The van der Waals surface area contributed by atoms with Crippen LogP contribution in [0.4, 0.5) is 0 Å². The maximum Gasteiger partial charge on any atom is 0.254 e.